The summed E-state index contributed by atoms with van der Waals surface area (Å²) >= 11 is 0. The second-order valence-electron chi connectivity index (χ2n) is 14.5. The summed E-state index contributed by atoms with van der Waals surface area (Å²) in [5.41, 5.74) is -0.725. The van der Waals surface area contributed by atoms with Crippen molar-refractivity contribution in [3.63, 3.8) is 0 Å². The summed E-state index contributed by atoms with van der Waals surface area (Å²) in [7, 11) is 0. The molecule has 46 heavy (non-hydrogen) atoms. The van der Waals surface area contributed by atoms with E-state index in [1.807, 2.05) is 67.5 Å². The third-order valence-corrected chi connectivity index (χ3v) is 7.67. The minimum absolute atomic E-state index is 0.122. The molecule has 2 aromatic heterocycles. The van der Waals surface area contributed by atoms with E-state index in [-0.39, 0.29) is 36.4 Å². The van der Waals surface area contributed by atoms with Crippen molar-refractivity contribution in [2.24, 2.45) is 5.92 Å². The summed E-state index contributed by atoms with van der Waals surface area (Å²) in [6.45, 7) is 18.8. The van der Waals surface area contributed by atoms with Gasteiger partial charge in [0, 0.05) is 44.3 Å². The van der Waals surface area contributed by atoms with E-state index in [1.165, 1.54) is 0 Å². The average Bonchev–Trinajstić information content (AvgIpc) is 3.51. The van der Waals surface area contributed by atoms with Crippen molar-refractivity contribution in [3.05, 3.63) is 41.7 Å². The number of urea groups is 1. The molecule has 2 saturated heterocycles. The summed E-state index contributed by atoms with van der Waals surface area (Å²) in [6.07, 6.45) is 3.16. The van der Waals surface area contributed by atoms with Gasteiger partial charge in [0.05, 0.1) is 38.1 Å². The van der Waals surface area contributed by atoms with Crippen LogP contribution in [0.2, 0.25) is 0 Å². The highest BCUT2D eigenvalue weighted by Gasteiger charge is 2.39. The Bertz CT molecular complexity index is 1330. The predicted molar refractivity (Wildman–Crippen MR) is 174 cm³/mol. The Morgan fingerprint density at radius 2 is 1.80 bits per heavy atom. The van der Waals surface area contributed by atoms with Gasteiger partial charge in [0.1, 0.15) is 28.6 Å². The van der Waals surface area contributed by atoms with Crippen molar-refractivity contribution in [1.29, 1.82) is 0 Å². The highest BCUT2D eigenvalue weighted by atomic mass is 16.6. The first-order valence-electron chi connectivity index (χ1n) is 16.2. The molecule has 13 nitrogen and oxygen atoms in total. The Morgan fingerprint density at radius 3 is 2.41 bits per heavy atom. The van der Waals surface area contributed by atoms with Crippen LogP contribution in [0.4, 0.5) is 15.4 Å². The van der Waals surface area contributed by atoms with Crippen LogP contribution in [0.1, 0.15) is 83.8 Å². The van der Waals surface area contributed by atoms with Gasteiger partial charge in [-0.05, 0) is 45.2 Å². The standard InChI is InChI=1S/C33H51N7O6/c1-22(2)19-40(28(41)26-18-35-29(32(3,4)5)37-27(26)34-17-25-10-9-13-45-25)24-16-23(36-30(42)38-11-14-44-15-12-38)20-39(21-24)31(43)46-33(6,7)8/h9-10,13,18,22-24H,11-12,14-17,19-21H2,1-8H3,(H,36,42)(H,34,35,37)/t23-,24+/m1/s1. The molecule has 4 heterocycles. The van der Waals surface area contributed by atoms with Crippen molar-refractivity contribution in [2.45, 2.75) is 91.5 Å². The molecular weight excluding hydrogens is 590 g/mol. The highest BCUT2D eigenvalue weighted by molar-refractivity contribution is 5.98. The summed E-state index contributed by atoms with van der Waals surface area (Å²) < 4.78 is 16.7. The van der Waals surface area contributed by atoms with Crippen LogP contribution in [0.3, 0.4) is 0 Å². The zero-order valence-electron chi connectivity index (χ0n) is 28.6. The zero-order valence-corrected chi connectivity index (χ0v) is 28.6. The van der Waals surface area contributed by atoms with E-state index in [2.05, 4.69) is 15.6 Å². The number of piperidine rings is 1. The maximum atomic E-state index is 14.5. The second-order valence-corrected chi connectivity index (χ2v) is 14.5. The summed E-state index contributed by atoms with van der Waals surface area (Å²) in [6, 6.07) is 2.63. The van der Waals surface area contributed by atoms with Gasteiger partial charge in [0.15, 0.2) is 0 Å². The van der Waals surface area contributed by atoms with Crippen molar-refractivity contribution in [1.82, 2.24) is 30.0 Å². The number of carbonyl (C=O) groups is 3. The van der Waals surface area contributed by atoms with E-state index in [1.54, 1.807) is 27.2 Å². The number of nitrogens with zero attached hydrogens (tertiary/aromatic N) is 5. The molecule has 0 saturated carbocycles. The number of hydrogen-bond acceptors (Lipinski definition) is 9. The molecular formula is C33H51N7O6. The van der Waals surface area contributed by atoms with Gasteiger partial charge in [-0.3, -0.25) is 4.79 Å². The fraction of sp³-hybridized carbons (Fsp3) is 0.667. The maximum absolute atomic E-state index is 14.5. The van der Waals surface area contributed by atoms with Crippen LogP contribution in [-0.4, -0.2) is 106 Å². The van der Waals surface area contributed by atoms with E-state index in [0.29, 0.717) is 68.8 Å². The minimum Gasteiger partial charge on any atom is -0.467 e. The number of hydrogen-bond donors (Lipinski definition) is 2. The van der Waals surface area contributed by atoms with Gasteiger partial charge in [-0.1, -0.05) is 34.6 Å². The number of likely N-dealkylation sites (tertiary alicyclic amines) is 1. The number of ether oxygens (including phenoxy) is 2. The molecule has 2 aromatic rings. The number of furan rings is 1. The number of aromatic nitrogens is 2. The Kier molecular flexibility index (Phi) is 11.2. The van der Waals surface area contributed by atoms with Crippen molar-refractivity contribution in [3.8, 4) is 0 Å². The third kappa shape index (κ3) is 9.57. The van der Waals surface area contributed by atoms with Gasteiger partial charge in [-0.25, -0.2) is 19.6 Å². The lowest BCUT2D eigenvalue weighted by atomic mass is 9.95. The molecule has 0 radical (unpaired) electrons. The SMILES string of the molecule is CC(C)CN(C(=O)c1cnc(C(C)(C)C)nc1NCc1ccco1)[C@H]1C[C@@H](NC(=O)N2CCOCC2)CN(C(=O)OC(C)(C)C)C1. The van der Waals surface area contributed by atoms with E-state index in [0.717, 1.165) is 0 Å². The quantitative estimate of drug-likeness (QED) is 0.426. The second kappa shape index (κ2) is 14.7. The molecule has 2 fully saturated rings. The smallest absolute Gasteiger partial charge is 0.410 e. The molecule has 254 valence electrons. The monoisotopic (exact) mass is 641 g/mol. The largest absolute Gasteiger partial charge is 0.467 e. The Morgan fingerprint density at radius 1 is 1.09 bits per heavy atom. The number of rotatable bonds is 8. The topological polar surface area (TPSA) is 142 Å². The fourth-order valence-electron chi connectivity index (χ4n) is 5.48. The lowest BCUT2D eigenvalue weighted by Gasteiger charge is -2.44. The van der Waals surface area contributed by atoms with Crippen LogP contribution in [0.25, 0.3) is 0 Å². The maximum Gasteiger partial charge on any atom is 0.410 e. The Balaban J connectivity index is 1.66. The summed E-state index contributed by atoms with van der Waals surface area (Å²) in [5, 5.41) is 6.42. The van der Waals surface area contributed by atoms with Crippen LogP contribution in [0.15, 0.2) is 29.0 Å². The van der Waals surface area contributed by atoms with Gasteiger partial charge in [-0.2, -0.15) is 0 Å². The average molecular weight is 642 g/mol. The first-order valence-corrected chi connectivity index (χ1v) is 16.2. The fourth-order valence-corrected chi connectivity index (χ4v) is 5.48. The zero-order chi connectivity index (χ0) is 33.6. The van der Waals surface area contributed by atoms with Crippen molar-refractivity contribution in [2.75, 3.05) is 51.3 Å². The molecule has 0 unspecified atom stereocenters. The molecule has 0 bridgehead atoms. The van der Waals surface area contributed by atoms with E-state index < -0.39 is 23.8 Å². The van der Waals surface area contributed by atoms with E-state index in [9.17, 15) is 14.4 Å². The van der Waals surface area contributed by atoms with E-state index >= 15 is 0 Å². The minimum atomic E-state index is -0.704. The molecule has 0 aliphatic carbocycles. The van der Waals surface area contributed by atoms with Crippen molar-refractivity contribution >= 4 is 23.8 Å². The predicted octanol–water partition coefficient (Wildman–Crippen LogP) is 4.50. The molecule has 4 rings (SSSR count). The van der Waals surface area contributed by atoms with Crippen LogP contribution in [0.5, 0.6) is 0 Å². The molecule has 13 heteroatoms. The molecule has 2 aliphatic rings. The number of anilines is 1. The van der Waals surface area contributed by atoms with Crippen molar-refractivity contribution < 1.29 is 28.3 Å². The highest BCUT2D eigenvalue weighted by Crippen LogP contribution is 2.27. The number of nitrogens with one attached hydrogen (secondary N) is 2. The van der Waals surface area contributed by atoms with Gasteiger partial charge in [-0.15, -0.1) is 0 Å². The first-order chi connectivity index (χ1) is 21.6. The normalized spacial score (nSPS) is 19.2. The first kappa shape index (κ1) is 35.0. The van der Waals surface area contributed by atoms with Gasteiger partial charge >= 0.3 is 12.1 Å². The molecule has 2 atom stereocenters. The number of carbonyl (C=O) groups excluding carboxylic acids is 3. The summed E-state index contributed by atoms with van der Waals surface area (Å²) in [5.74, 6) is 1.57. The lowest BCUT2D eigenvalue weighted by Crippen LogP contribution is -2.61. The summed E-state index contributed by atoms with van der Waals surface area (Å²) in [4.78, 5) is 55.6. The number of morpholine rings is 1. The molecule has 4 amide bonds. The Labute approximate surface area is 272 Å². The van der Waals surface area contributed by atoms with Crippen LogP contribution in [0, 0.1) is 5.92 Å². The molecule has 0 spiro atoms. The number of amides is 4. The van der Waals surface area contributed by atoms with Gasteiger partial charge in [0.25, 0.3) is 5.91 Å². The Hall–Kier alpha value is -3.87. The molecule has 0 aromatic carbocycles. The van der Waals surface area contributed by atoms with Crippen LogP contribution >= 0.6 is 0 Å². The van der Waals surface area contributed by atoms with Gasteiger partial charge in [0.2, 0.25) is 0 Å². The van der Waals surface area contributed by atoms with Crippen LogP contribution < -0.4 is 10.6 Å². The van der Waals surface area contributed by atoms with E-state index in [4.69, 9.17) is 18.9 Å². The van der Waals surface area contributed by atoms with Gasteiger partial charge < -0.3 is 39.2 Å². The molecule has 2 aliphatic heterocycles. The molecule has 2 N–H and O–H groups in total. The third-order valence-electron chi connectivity index (χ3n) is 7.67. The lowest BCUT2D eigenvalue weighted by molar-refractivity contribution is 0.00448. The van der Waals surface area contributed by atoms with Crippen LogP contribution in [-0.2, 0) is 21.4 Å².